The van der Waals surface area contributed by atoms with Crippen molar-refractivity contribution in [1.29, 1.82) is 0 Å². The van der Waals surface area contributed by atoms with Crippen molar-refractivity contribution in [3.8, 4) is 0 Å². The Morgan fingerprint density at radius 3 is 2.68 bits per heavy atom. The van der Waals surface area contributed by atoms with Crippen LogP contribution in [0.1, 0.15) is 24.8 Å². The van der Waals surface area contributed by atoms with Crippen LogP contribution in [0.25, 0.3) is 0 Å². The summed E-state index contributed by atoms with van der Waals surface area (Å²) in [5.41, 5.74) is 2.88. The van der Waals surface area contributed by atoms with Crippen molar-refractivity contribution < 1.29 is 0 Å². The van der Waals surface area contributed by atoms with Crippen molar-refractivity contribution in [3.63, 3.8) is 0 Å². The van der Waals surface area contributed by atoms with Crippen LogP contribution in [-0.4, -0.2) is 44.2 Å². The summed E-state index contributed by atoms with van der Waals surface area (Å²) >= 11 is 0. The second-order valence-corrected chi connectivity index (χ2v) is 6.14. The third kappa shape index (κ3) is 3.10. The standard InChI is InChI=1S/C16H25N3/c1-18(2)15-9-10-19(12-15)16-6-4-3-5-13(16)11-17-14-7-8-14/h3-6,14-15,17H,7-12H2,1-2H3. The number of hydrogen-bond donors (Lipinski definition) is 1. The molecule has 0 aromatic heterocycles. The van der Waals surface area contributed by atoms with Crippen molar-refractivity contribution in [2.75, 3.05) is 32.1 Å². The van der Waals surface area contributed by atoms with Crippen LogP contribution in [0.2, 0.25) is 0 Å². The van der Waals surface area contributed by atoms with Crippen molar-refractivity contribution in [1.82, 2.24) is 10.2 Å². The highest BCUT2D eigenvalue weighted by Crippen LogP contribution is 2.27. The van der Waals surface area contributed by atoms with Crippen molar-refractivity contribution in [2.45, 2.75) is 37.9 Å². The fraction of sp³-hybridized carbons (Fsp3) is 0.625. The first kappa shape index (κ1) is 12.9. The van der Waals surface area contributed by atoms with Gasteiger partial charge < -0.3 is 15.1 Å². The zero-order valence-corrected chi connectivity index (χ0v) is 12.1. The van der Waals surface area contributed by atoms with E-state index in [2.05, 4.69) is 53.5 Å². The molecular formula is C16H25N3. The molecule has 1 aliphatic carbocycles. The molecule has 1 unspecified atom stereocenters. The maximum atomic E-state index is 3.63. The maximum Gasteiger partial charge on any atom is 0.0412 e. The summed E-state index contributed by atoms with van der Waals surface area (Å²) in [5.74, 6) is 0. The molecule has 1 aromatic carbocycles. The molecule has 0 radical (unpaired) electrons. The summed E-state index contributed by atoms with van der Waals surface area (Å²) in [6.07, 6.45) is 3.99. The van der Waals surface area contributed by atoms with E-state index in [1.807, 2.05) is 0 Å². The zero-order chi connectivity index (χ0) is 13.2. The second-order valence-electron chi connectivity index (χ2n) is 6.14. The number of nitrogens with zero attached hydrogens (tertiary/aromatic N) is 2. The highest BCUT2D eigenvalue weighted by atomic mass is 15.2. The van der Waals surface area contributed by atoms with Crippen LogP contribution in [0.3, 0.4) is 0 Å². The number of anilines is 1. The molecule has 3 heteroatoms. The molecule has 1 N–H and O–H groups in total. The summed E-state index contributed by atoms with van der Waals surface area (Å²) < 4.78 is 0. The fourth-order valence-corrected chi connectivity index (χ4v) is 2.89. The molecule has 2 aliphatic rings. The van der Waals surface area contributed by atoms with Crippen LogP contribution in [-0.2, 0) is 6.54 Å². The molecule has 0 spiro atoms. The molecular weight excluding hydrogens is 234 g/mol. The van der Waals surface area contributed by atoms with Gasteiger partial charge in [0.05, 0.1) is 0 Å². The molecule has 19 heavy (non-hydrogen) atoms. The van der Waals surface area contributed by atoms with Crippen LogP contribution in [0.5, 0.6) is 0 Å². The number of benzene rings is 1. The van der Waals surface area contributed by atoms with Gasteiger partial charge in [-0.25, -0.2) is 0 Å². The predicted molar refractivity (Wildman–Crippen MR) is 80.6 cm³/mol. The number of likely N-dealkylation sites (N-methyl/N-ethyl adjacent to an activating group) is 1. The number of hydrogen-bond acceptors (Lipinski definition) is 3. The molecule has 1 aliphatic heterocycles. The minimum Gasteiger partial charge on any atom is -0.370 e. The lowest BCUT2D eigenvalue weighted by atomic mass is 10.1. The molecule has 1 saturated heterocycles. The Morgan fingerprint density at radius 1 is 1.21 bits per heavy atom. The lowest BCUT2D eigenvalue weighted by molar-refractivity contribution is 0.315. The third-order valence-corrected chi connectivity index (χ3v) is 4.38. The monoisotopic (exact) mass is 259 g/mol. The molecule has 1 saturated carbocycles. The number of nitrogens with one attached hydrogen (secondary N) is 1. The Labute approximate surface area is 116 Å². The van der Waals surface area contributed by atoms with Crippen LogP contribution in [0.4, 0.5) is 5.69 Å². The van der Waals surface area contributed by atoms with Gasteiger partial charge in [-0.3, -0.25) is 0 Å². The largest absolute Gasteiger partial charge is 0.370 e. The third-order valence-electron chi connectivity index (χ3n) is 4.38. The summed E-state index contributed by atoms with van der Waals surface area (Å²) in [7, 11) is 4.38. The van der Waals surface area contributed by atoms with E-state index >= 15 is 0 Å². The van der Waals surface area contributed by atoms with Crippen LogP contribution in [0.15, 0.2) is 24.3 Å². The van der Waals surface area contributed by atoms with E-state index in [1.165, 1.54) is 37.1 Å². The van der Waals surface area contributed by atoms with Gasteiger partial charge in [-0.2, -0.15) is 0 Å². The second kappa shape index (κ2) is 5.51. The van der Waals surface area contributed by atoms with Gasteiger partial charge in [0.1, 0.15) is 0 Å². The Kier molecular flexibility index (Phi) is 3.76. The first-order valence-corrected chi connectivity index (χ1v) is 7.46. The van der Waals surface area contributed by atoms with E-state index in [9.17, 15) is 0 Å². The van der Waals surface area contributed by atoms with Crippen LogP contribution < -0.4 is 10.2 Å². The molecule has 1 aromatic rings. The molecule has 1 heterocycles. The van der Waals surface area contributed by atoms with Gasteiger partial charge in [0.25, 0.3) is 0 Å². The average molecular weight is 259 g/mol. The molecule has 0 bridgehead atoms. The molecule has 3 rings (SSSR count). The van der Waals surface area contributed by atoms with E-state index in [0.29, 0.717) is 6.04 Å². The van der Waals surface area contributed by atoms with Gasteiger partial charge in [-0.1, -0.05) is 18.2 Å². The van der Waals surface area contributed by atoms with E-state index in [4.69, 9.17) is 0 Å². The van der Waals surface area contributed by atoms with Crippen LogP contribution >= 0.6 is 0 Å². The van der Waals surface area contributed by atoms with Gasteiger partial charge in [0, 0.05) is 37.4 Å². The van der Waals surface area contributed by atoms with Gasteiger partial charge in [0.2, 0.25) is 0 Å². The van der Waals surface area contributed by atoms with E-state index in [1.54, 1.807) is 0 Å². The molecule has 2 fully saturated rings. The van der Waals surface area contributed by atoms with Gasteiger partial charge in [0.15, 0.2) is 0 Å². The first-order chi connectivity index (χ1) is 9.24. The summed E-state index contributed by atoms with van der Waals surface area (Å²) in [4.78, 5) is 4.90. The lowest BCUT2D eigenvalue weighted by Crippen LogP contribution is -2.32. The van der Waals surface area contributed by atoms with Crippen LogP contribution in [0, 0.1) is 0 Å². The van der Waals surface area contributed by atoms with Gasteiger partial charge in [-0.05, 0) is 45.0 Å². The topological polar surface area (TPSA) is 18.5 Å². The summed E-state index contributed by atoms with van der Waals surface area (Å²) in [6, 6.07) is 10.4. The predicted octanol–water partition coefficient (Wildman–Crippen LogP) is 2.08. The maximum absolute atomic E-state index is 3.63. The summed E-state index contributed by atoms with van der Waals surface area (Å²) in [6.45, 7) is 3.36. The fourth-order valence-electron chi connectivity index (χ4n) is 2.89. The highest BCUT2D eigenvalue weighted by molar-refractivity contribution is 5.54. The van der Waals surface area contributed by atoms with E-state index in [0.717, 1.165) is 19.1 Å². The molecule has 1 atom stereocenters. The molecule has 3 nitrogen and oxygen atoms in total. The van der Waals surface area contributed by atoms with Gasteiger partial charge in [-0.15, -0.1) is 0 Å². The number of para-hydroxylation sites is 1. The smallest absolute Gasteiger partial charge is 0.0412 e. The van der Waals surface area contributed by atoms with E-state index in [-0.39, 0.29) is 0 Å². The highest BCUT2D eigenvalue weighted by Gasteiger charge is 2.26. The van der Waals surface area contributed by atoms with Gasteiger partial charge >= 0.3 is 0 Å². The number of rotatable bonds is 5. The van der Waals surface area contributed by atoms with Crippen molar-refractivity contribution >= 4 is 5.69 Å². The lowest BCUT2D eigenvalue weighted by Gasteiger charge is -2.24. The van der Waals surface area contributed by atoms with E-state index < -0.39 is 0 Å². The molecule has 0 amide bonds. The SMILES string of the molecule is CN(C)C1CCN(c2ccccc2CNC2CC2)C1. The minimum absolute atomic E-state index is 0.699. The zero-order valence-electron chi connectivity index (χ0n) is 12.1. The minimum atomic E-state index is 0.699. The Bertz CT molecular complexity index is 426. The first-order valence-electron chi connectivity index (χ1n) is 7.46. The van der Waals surface area contributed by atoms with Crippen molar-refractivity contribution in [2.24, 2.45) is 0 Å². The molecule has 104 valence electrons. The average Bonchev–Trinajstić information content (AvgIpc) is 3.11. The summed E-state index contributed by atoms with van der Waals surface area (Å²) in [5, 5.41) is 3.63. The Hall–Kier alpha value is -1.06. The Balaban J connectivity index is 1.69. The normalized spacial score (nSPS) is 23.3. The Morgan fingerprint density at radius 2 is 2.00 bits per heavy atom. The van der Waals surface area contributed by atoms with Crippen molar-refractivity contribution in [3.05, 3.63) is 29.8 Å². The quantitative estimate of drug-likeness (QED) is 0.873.